The number of aryl methyl sites for hydroxylation is 1. The van der Waals surface area contributed by atoms with Crippen molar-refractivity contribution in [2.75, 3.05) is 5.73 Å². The Kier molecular flexibility index (Phi) is 2.99. The topological polar surface area (TPSA) is 26.0 Å². The second-order valence-electron chi connectivity index (χ2n) is 5.00. The third-order valence-corrected chi connectivity index (χ3v) is 3.75. The maximum absolute atomic E-state index is 6.08. The molecule has 2 atom stereocenters. The Hall–Kier alpha value is -0.980. The molecule has 0 saturated heterocycles. The van der Waals surface area contributed by atoms with Crippen molar-refractivity contribution in [3.8, 4) is 0 Å². The molecule has 82 valence electrons. The number of nitrogens with two attached hydrogens (primary N) is 1. The van der Waals surface area contributed by atoms with Gasteiger partial charge in [-0.05, 0) is 36.8 Å². The number of hydrogen-bond donors (Lipinski definition) is 1. The molecule has 1 nitrogen and oxygen atoms in total. The predicted molar refractivity (Wildman–Crippen MR) is 66.0 cm³/mol. The predicted octanol–water partition coefficient (Wildman–Crippen LogP) is 3.87. The van der Waals surface area contributed by atoms with Crippen LogP contribution in [0, 0.1) is 12.8 Å². The van der Waals surface area contributed by atoms with Gasteiger partial charge < -0.3 is 5.73 Å². The Labute approximate surface area is 92.7 Å². The van der Waals surface area contributed by atoms with E-state index in [1.165, 1.54) is 36.8 Å². The van der Waals surface area contributed by atoms with Gasteiger partial charge in [-0.1, -0.05) is 43.9 Å². The van der Waals surface area contributed by atoms with Crippen molar-refractivity contribution in [3.05, 3.63) is 29.3 Å². The molecule has 0 aromatic heterocycles. The highest BCUT2D eigenvalue weighted by Crippen LogP contribution is 2.39. The van der Waals surface area contributed by atoms with E-state index in [1.807, 2.05) is 0 Å². The maximum atomic E-state index is 6.08. The van der Waals surface area contributed by atoms with E-state index in [1.54, 1.807) is 0 Å². The highest BCUT2D eigenvalue weighted by molar-refractivity contribution is 5.50. The molecule has 1 aromatic rings. The first-order valence-electron chi connectivity index (χ1n) is 6.04. The van der Waals surface area contributed by atoms with Crippen molar-refractivity contribution >= 4 is 5.69 Å². The lowest BCUT2D eigenvalue weighted by Gasteiger charge is -2.30. The summed E-state index contributed by atoms with van der Waals surface area (Å²) in [5.41, 5.74) is 9.79. The van der Waals surface area contributed by atoms with E-state index < -0.39 is 0 Å². The number of benzene rings is 1. The number of anilines is 1. The minimum atomic E-state index is 0.693. The molecular formula is C14H21N. The fraction of sp³-hybridized carbons (Fsp3) is 0.571. The number of nitrogen functional groups attached to an aromatic ring is 1. The first-order chi connectivity index (χ1) is 7.18. The van der Waals surface area contributed by atoms with Crippen molar-refractivity contribution in [1.29, 1.82) is 0 Å². The third-order valence-electron chi connectivity index (χ3n) is 3.75. The van der Waals surface area contributed by atoms with Crippen LogP contribution in [0.1, 0.15) is 49.7 Å². The minimum Gasteiger partial charge on any atom is -0.398 e. The second-order valence-corrected chi connectivity index (χ2v) is 5.00. The summed E-state index contributed by atoms with van der Waals surface area (Å²) in [4.78, 5) is 0. The van der Waals surface area contributed by atoms with Crippen LogP contribution in [-0.2, 0) is 0 Å². The molecule has 1 fully saturated rings. The van der Waals surface area contributed by atoms with Crippen molar-refractivity contribution < 1.29 is 0 Å². The van der Waals surface area contributed by atoms with Crippen molar-refractivity contribution in [1.82, 2.24) is 0 Å². The highest BCUT2D eigenvalue weighted by Gasteiger charge is 2.24. The zero-order valence-electron chi connectivity index (χ0n) is 9.79. The van der Waals surface area contributed by atoms with Crippen LogP contribution in [0.15, 0.2) is 18.2 Å². The molecule has 0 spiro atoms. The summed E-state index contributed by atoms with van der Waals surface area (Å²) >= 11 is 0. The molecule has 1 aliphatic carbocycles. The molecule has 0 bridgehead atoms. The van der Waals surface area contributed by atoms with Gasteiger partial charge in [0.15, 0.2) is 0 Å². The largest absolute Gasteiger partial charge is 0.398 e. The smallest absolute Gasteiger partial charge is 0.0349 e. The van der Waals surface area contributed by atoms with Gasteiger partial charge in [-0.25, -0.2) is 0 Å². The van der Waals surface area contributed by atoms with Gasteiger partial charge in [-0.2, -0.15) is 0 Å². The molecule has 1 heteroatoms. The Morgan fingerprint density at radius 3 is 2.67 bits per heavy atom. The molecule has 1 aromatic carbocycles. The lowest BCUT2D eigenvalue weighted by molar-refractivity contribution is 0.331. The van der Waals surface area contributed by atoms with Gasteiger partial charge in [0.05, 0.1) is 0 Å². The number of rotatable bonds is 1. The van der Waals surface area contributed by atoms with E-state index in [2.05, 4.69) is 32.0 Å². The Bertz CT molecular complexity index is 343. The Morgan fingerprint density at radius 1 is 1.20 bits per heavy atom. The normalized spacial score (nSPS) is 26.5. The van der Waals surface area contributed by atoms with Gasteiger partial charge in [0.2, 0.25) is 0 Å². The first-order valence-corrected chi connectivity index (χ1v) is 6.04. The molecule has 0 amide bonds. The standard InChI is InChI=1S/C14H21N/c1-10-7-8-14(15)13(9-10)12-6-4-3-5-11(12)2/h7-9,11-12H,3-6,15H2,1-2H3/t11-,12-/m1/s1. The van der Waals surface area contributed by atoms with Crippen molar-refractivity contribution in [3.63, 3.8) is 0 Å². The van der Waals surface area contributed by atoms with Gasteiger partial charge >= 0.3 is 0 Å². The summed E-state index contributed by atoms with van der Waals surface area (Å²) in [7, 11) is 0. The molecule has 0 unspecified atom stereocenters. The Balaban J connectivity index is 2.30. The van der Waals surface area contributed by atoms with E-state index in [0.29, 0.717) is 5.92 Å². The first kappa shape index (κ1) is 10.5. The van der Waals surface area contributed by atoms with E-state index in [9.17, 15) is 0 Å². The van der Waals surface area contributed by atoms with Crippen LogP contribution in [0.2, 0.25) is 0 Å². The van der Waals surface area contributed by atoms with Crippen LogP contribution in [-0.4, -0.2) is 0 Å². The summed E-state index contributed by atoms with van der Waals surface area (Å²) < 4.78 is 0. The monoisotopic (exact) mass is 203 g/mol. The molecular weight excluding hydrogens is 182 g/mol. The summed E-state index contributed by atoms with van der Waals surface area (Å²) in [6, 6.07) is 6.44. The summed E-state index contributed by atoms with van der Waals surface area (Å²) in [6.07, 6.45) is 5.43. The summed E-state index contributed by atoms with van der Waals surface area (Å²) in [6.45, 7) is 4.52. The van der Waals surface area contributed by atoms with Crippen molar-refractivity contribution in [2.45, 2.75) is 45.4 Å². The fourth-order valence-corrected chi connectivity index (χ4v) is 2.79. The molecule has 15 heavy (non-hydrogen) atoms. The number of hydrogen-bond acceptors (Lipinski definition) is 1. The minimum absolute atomic E-state index is 0.693. The van der Waals surface area contributed by atoms with E-state index in [4.69, 9.17) is 5.73 Å². The van der Waals surface area contributed by atoms with Crippen LogP contribution in [0.4, 0.5) is 5.69 Å². The van der Waals surface area contributed by atoms with Crippen molar-refractivity contribution in [2.24, 2.45) is 5.92 Å². The van der Waals surface area contributed by atoms with Gasteiger partial charge in [-0.3, -0.25) is 0 Å². The van der Waals surface area contributed by atoms with E-state index in [-0.39, 0.29) is 0 Å². The van der Waals surface area contributed by atoms with Gasteiger partial charge in [0, 0.05) is 5.69 Å². The van der Waals surface area contributed by atoms with E-state index in [0.717, 1.165) is 11.6 Å². The fourth-order valence-electron chi connectivity index (χ4n) is 2.79. The van der Waals surface area contributed by atoms with Crippen LogP contribution in [0.3, 0.4) is 0 Å². The lowest BCUT2D eigenvalue weighted by atomic mass is 9.76. The zero-order valence-corrected chi connectivity index (χ0v) is 9.79. The van der Waals surface area contributed by atoms with Gasteiger partial charge in [0.1, 0.15) is 0 Å². The SMILES string of the molecule is Cc1ccc(N)c([C@@H]2CCCC[C@H]2C)c1. The van der Waals surface area contributed by atoms with Crippen LogP contribution >= 0.6 is 0 Å². The van der Waals surface area contributed by atoms with Crippen LogP contribution in [0.5, 0.6) is 0 Å². The molecule has 2 N–H and O–H groups in total. The Morgan fingerprint density at radius 2 is 1.93 bits per heavy atom. The molecule has 0 radical (unpaired) electrons. The summed E-state index contributed by atoms with van der Waals surface area (Å²) in [5, 5.41) is 0. The zero-order chi connectivity index (χ0) is 10.8. The molecule has 0 heterocycles. The van der Waals surface area contributed by atoms with Gasteiger partial charge in [-0.15, -0.1) is 0 Å². The molecule has 1 aliphatic rings. The average Bonchev–Trinajstić information content (AvgIpc) is 2.23. The average molecular weight is 203 g/mol. The molecule has 2 rings (SSSR count). The molecule has 1 saturated carbocycles. The van der Waals surface area contributed by atoms with Crippen LogP contribution in [0.25, 0.3) is 0 Å². The lowest BCUT2D eigenvalue weighted by Crippen LogP contribution is -2.16. The highest BCUT2D eigenvalue weighted by atomic mass is 14.6. The quantitative estimate of drug-likeness (QED) is 0.689. The maximum Gasteiger partial charge on any atom is 0.0349 e. The third kappa shape index (κ3) is 2.17. The van der Waals surface area contributed by atoms with Gasteiger partial charge in [0.25, 0.3) is 0 Å². The summed E-state index contributed by atoms with van der Waals surface area (Å²) in [5.74, 6) is 1.49. The van der Waals surface area contributed by atoms with E-state index >= 15 is 0 Å². The molecule has 0 aliphatic heterocycles. The van der Waals surface area contributed by atoms with Crippen LogP contribution < -0.4 is 5.73 Å². The second kappa shape index (κ2) is 4.26.